The molecule has 0 radical (unpaired) electrons. The highest BCUT2D eigenvalue weighted by molar-refractivity contribution is 6.11. The molecule has 3 aromatic rings. The van der Waals surface area contributed by atoms with E-state index in [4.69, 9.17) is 5.41 Å². The molecule has 1 nitrogen and oxygen atoms in total. The van der Waals surface area contributed by atoms with Crippen LogP contribution in [0.5, 0.6) is 0 Å². The van der Waals surface area contributed by atoms with Crippen molar-refractivity contribution < 1.29 is 0 Å². The van der Waals surface area contributed by atoms with Crippen molar-refractivity contribution in [1.82, 2.24) is 0 Å². The molecule has 1 heteroatoms. The van der Waals surface area contributed by atoms with Crippen LogP contribution in [0.25, 0.3) is 16.3 Å². The number of benzene rings is 3. The molecule has 114 valence electrons. The summed E-state index contributed by atoms with van der Waals surface area (Å²) in [5.41, 5.74) is 5.13. The molecule has 3 aromatic carbocycles. The van der Waals surface area contributed by atoms with Crippen molar-refractivity contribution in [2.45, 2.75) is 20.3 Å². The quantitative estimate of drug-likeness (QED) is 0.582. The molecule has 0 amide bonds. The van der Waals surface area contributed by atoms with Crippen molar-refractivity contribution in [1.29, 1.82) is 5.41 Å². The van der Waals surface area contributed by atoms with Gasteiger partial charge in [0.2, 0.25) is 0 Å². The summed E-state index contributed by atoms with van der Waals surface area (Å²) in [6.45, 7) is 4.23. The fourth-order valence-corrected chi connectivity index (χ4v) is 2.74. The maximum Gasteiger partial charge on any atom is 0.0615 e. The van der Waals surface area contributed by atoms with Gasteiger partial charge in [-0.05, 0) is 53.0 Å². The van der Waals surface area contributed by atoms with Crippen LogP contribution in [0.3, 0.4) is 0 Å². The lowest BCUT2D eigenvalue weighted by Gasteiger charge is -2.06. The van der Waals surface area contributed by atoms with E-state index in [1.165, 1.54) is 21.9 Å². The second-order valence-corrected chi connectivity index (χ2v) is 5.85. The van der Waals surface area contributed by atoms with Gasteiger partial charge in [0.1, 0.15) is 0 Å². The zero-order valence-corrected chi connectivity index (χ0v) is 13.6. The molecule has 0 aliphatic carbocycles. The van der Waals surface area contributed by atoms with Crippen molar-refractivity contribution in [2.24, 2.45) is 0 Å². The first kappa shape index (κ1) is 15.2. The molecular weight excluding hydrogens is 278 g/mol. The molecule has 0 unspecified atom stereocenters. The van der Waals surface area contributed by atoms with Crippen LogP contribution in [0.2, 0.25) is 0 Å². The average Bonchev–Trinajstić information content (AvgIpc) is 2.61. The van der Waals surface area contributed by atoms with E-state index < -0.39 is 0 Å². The van der Waals surface area contributed by atoms with E-state index in [1.54, 1.807) is 0 Å². The zero-order chi connectivity index (χ0) is 16.2. The number of rotatable bonds is 4. The smallest absolute Gasteiger partial charge is 0.0615 e. The van der Waals surface area contributed by atoms with Crippen LogP contribution >= 0.6 is 0 Å². The Morgan fingerprint density at radius 2 is 1.52 bits per heavy atom. The number of fused-ring (bicyclic) bond motifs is 1. The van der Waals surface area contributed by atoms with Gasteiger partial charge in [-0.1, -0.05) is 67.6 Å². The van der Waals surface area contributed by atoms with Gasteiger partial charge < -0.3 is 5.41 Å². The largest absolute Gasteiger partial charge is 0.300 e. The van der Waals surface area contributed by atoms with E-state index in [1.807, 2.05) is 24.3 Å². The van der Waals surface area contributed by atoms with Crippen molar-refractivity contribution in [3.8, 4) is 0 Å². The van der Waals surface area contributed by atoms with Crippen LogP contribution in [-0.2, 0) is 6.42 Å². The standard InChI is InChI=1S/C22H21N/c1-3-17-8-10-18(11-9-17)16(2)14-22(23)21-13-12-19-6-4-5-7-20(19)15-21/h4-15,23H,3H2,1-2H3/b16-14+,23-22?. The van der Waals surface area contributed by atoms with Crippen LogP contribution in [0.4, 0.5) is 0 Å². The van der Waals surface area contributed by atoms with Gasteiger partial charge in [-0.3, -0.25) is 0 Å². The Labute approximate surface area is 137 Å². The van der Waals surface area contributed by atoms with Crippen LogP contribution < -0.4 is 0 Å². The molecule has 0 saturated heterocycles. The lowest BCUT2D eigenvalue weighted by molar-refractivity contribution is 1.14. The molecule has 0 bridgehead atoms. The van der Waals surface area contributed by atoms with Crippen LogP contribution in [0, 0.1) is 5.41 Å². The summed E-state index contributed by atoms with van der Waals surface area (Å²) < 4.78 is 0. The lowest BCUT2D eigenvalue weighted by atomic mass is 9.99. The molecule has 0 heterocycles. The van der Waals surface area contributed by atoms with Gasteiger partial charge in [-0.25, -0.2) is 0 Å². The topological polar surface area (TPSA) is 23.9 Å². The number of aryl methyl sites for hydroxylation is 1. The minimum Gasteiger partial charge on any atom is -0.300 e. The summed E-state index contributed by atoms with van der Waals surface area (Å²) in [5.74, 6) is 0. The summed E-state index contributed by atoms with van der Waals surface area (Å²) in [6, 6.07) is 23.0. The first-order valence-electron chi connectivity index (χ1n) is 8.02. The molecule has 23 heavy (non-hydrogen) atoms. The maximum absolute atomic E-state index is 8.39. The Morgan fingerprint density at radius 3 is 2.22 bits per heavy atom. The van der Waals surface area contributed by atoms with Gasteiger partial charge in [-0.15, -0.1) is 0 Å². The second kappa shape index (κ2) is 6.62. The molecule has 0 fully saturated rings. The summed E-state index contributed by atoms with van der Waals surface area (Å²) in [4.78, 5) is 0. The highest BCUT2D eigenvalue weighted by Crippen LogP contribution is 2.19. The van der Waals surface area contributed by atoms with Crippen molar-refractivity contribution in [2.75, 3.05) is 0 Å². The fraction of sp³-hybridized carbons (Fsp3) is 0.136. The van der Waals surface area contributed by atoms with Gasteiger partial charge in [0.25, 0.3) is 0 Å². The van der Waals surface area contributed by atoms with Crippen LogP contribution in [0.15, 0.2) is 72.8 Å². The Kier molecular flexibility index (Phi) is 4.38. The Bertz CT molecular complexity index is 870. The number of hydrogen-bond donors (Lipinski definition) is 1. The second-order valence-electron chi connectivity index (χ2n) is 5.85. The van der Waals surface area contributed by atoms with Crippen LogP contribution in [0.1, 0.15) is 30.5 Å². The van der Waals surface area contributed by atoms with E-state index in [9.17, 15) is 0 Å². The van der Waals surface area contributed by atoms with Gasteiger partial charge in [-0.2, -0.15) is 0 Å². The summed E-state index contributed by atoms with van der Waals surface area (Å²) >= 11 is 0. The van der Waals surface area contributed by atoms with Crippen molar-refractivity contribution in [3.05, 3.63) is 89.5 Å². The van der Waals surface area contributed by atoms with E-state index in [0.717, 1.165) is 17.6 Å². The molecule has 3 rings (SSSR count). The molecule has 0 spiro atoms. The molecule has 0 atom stereocenters. The third-order valence-corrected chi connectivity index (χ3v) is 4.24. The van der Waals surface area contributed by atoms with E-state index >= 15 is 0 Å². The zero-order valence-electron chi connectivity index (χ0n) is 13.6. The molecule has 0 saturated carbocycles. The summed E-state index contributed by atoms with van der Waals surface area (Å²) in [5, 5.41) is 10.8. The van der Waals surface area contributed by atoms with Gasteiger partial charge in [0.05, 0.1) is 5.71 Å². The van der Waals surface area contributed by atoms with Gasteiger partial charge in [0, 0.05) is 5.56 Å². The normalized spacial score (nSPS) is 11.7. The van der Waals surface area contributed by atoms with E-state index in [-0.39, 0.29) is 0 Å². The van der Waals surface area contributed by atoms with E-state index in [2.05, 4.69) is 62.4 Å². The Hall–Kier alpha value is -2.67. The SMILES string of the molecule is CCc1ccc(/C(C)=C/C(=N)c2ccc3ccccc3c2)cc1. The molecular formula is C22H21N. The predicted octanol–water partition coefficient (Wildman–Crippen LogP) is 5.87. The van der Waals surface area contributed by atoms with Crippen molar-refractivity contribution >= 4 is 22.1 Å². The summed E-state index contributed by atoms with van der Waals surface area (Å²) in [6.07, 6.45) is 3.00. The first-order valence-corrected chi connectivity index (χ1v) is 8.02. The lowest BCUT2D eigenvalue weighted by Crippen LogP contribution is -1.96. The minimum absolute atomic E-state index is 0.549. The van der Waals surface area contributed by atoms with Gasteiger partial charge in [0.15, 0.2) is 0 Å². The highest BCUT2D eigenvalue weighted by atomic mass is 14.4. The first-order chi connectivity index (χ1) is 11.2. The van der Waals surface area contributed by atoms with Crippen LogP contribution in [-0.4, -0.2) is 5.71 Å². The Morgan fingerprint density at radius 1 is 0.870 bits per heavy atom. The molecule has 0 aliphatic heterocycles. The number of nitrogens with one attached hydrogen (secondary N) is 1. The molecule has 0 aliphatic rings. The average molecular weight is 299 g/mol. The summed E-state index contributed by atoms with van der Waals surface area (Å²) in [7, 11) is 0. The highest BCUT2D eigenvalue weighted by Gasteiger charge is 2.03. The Balaban J connectivity index is 1.88. The number of allylic oxidation sites excluding steroid dienone is 2. The van der Waals surface area contributed by atoms with Gasteiger partial charge >= 0.3 is 0 Å². The molecule has 0 aromatic heterocycles. The van der Waals surface area contributed by atoms with Crippen molar-refractivity contribution in [3.63, 3.8) is 0 Å². The van der Waals surface area contributed by atoms with E-state index in [0.29, 0.717) is 5.71 Å². The predicted molar refractivity (Wildman–Crippen MR) is 100 cm³/mol. The monoisotopic (exact) mass is 299 g/mol. The molecule has 1 N–H and O–H groups in total. The third kappa shape index (κ3) is 3.40. The third-order valence-electron chi connectivity index (χ3n) is 4.24. The fourth-order valence-electron chi connectivity index (χ4n) is 2.74. The number of hydrogen-bond acceptors (Lipinski definition) is 1. The minimum atomic E-state index is 0.549. The maximum atomic E-state index is 8.39.